The van der Waals surface area contributed by atoms with E-state index < -0.39 is 5.54 Å². The molecule has 1 saturated heterocycles. The highest BCUT2D eigenvalue weighted by molar-refractivity contribution is 5.90. The van der Waals surface area contributed by atoms with E-state index in [9.17, 15) is 9.59 Å². The van der Waals surface area contributed by atoms with Gasteiger partial charge in [-0.25, -0.2) is 0 Å². The van der Waals surface area contributed by atoms with Crippen LogP contribution >= 0.6 is 0 Å². The summed E-state index contributed by atoms with van der Waals surface area (Å²) in [6.45, 7) is 0.831. The van der Waals surface area contributed by atoms with Crippen LogP contribution in [-0.4, -0.2) is 60.9 Å². The Labute approximate surface area is 173 Å². The molecule has 158 valence electrons. The van der Waals surface area contributed by atoms with Crippen molar-refractivity contribution in [2.75, 3.05) is 33.1 Å². The van der Waals surface area contributed by atoms with Crippen LogP contribution < -0.4 is 10.1 Å². The van der Waals surface area contributed by atoms with Crippen LogP contribution in [0.4, 0.5) is 5.69 Å². The van der Waals surface area contributed by atoms with Gasteiger partial charge in [-0.2, -0.15) is 0 Å². The minimum Gasteiger partial charge on any atom is -0.497 e. The first-order valence-corrected chi connectivity index (χ1v) is 10.9. The zero-order chi connectivity index (χ0) is 20.6. The number of benzene rings is 1. The smallest absolute Gasteiger partial charge is 0.248 e. The molecule has 0 aromatic heterocycles. The van der Waals surface area contributed by atoms with Crippen LogP contribution in [0.3, 0.4) is 0 Å². The number of nitrogens with one attached hydrogen (secondary N) is 1. The number of rotatable bonds is 5. The van der Waals surface area contributed by atoms with Gasteiger partial charge in [0.15, 0.2) is 0 Å². The van der Waals surface area contributed by atoms with Gasteiger partial charge in [0.25, 0.3) is 0 Å². The molecule has 4 rings (SSSR count). The van der Waals surface area contributed by atoms with Gasteiger partial charge in [0.05, 0.1) is 7.11 Å². The van der Waals surface area contributed by atoms with E-state index in [1.807, 2.05) is 48.2 Å². The van der Waals surface area contributed by atoms with Gasteiger partial charge in [-0.05, 0) is 61.8 Å². The number of fused-ring (bicyclic) bond motifs is 1. The maximum absolute atomic E-state index is 13.7. The molecule has 29 heavy (non-hydrogen) atoms. The second-order valence-corrected chi connectivity index (χ2v) is 9.18. The summed E-state index contributed by atoms with van der Waals surface area (Å²) < 4.78 is 5.25. The summed E-state index contributed by atoms with van der Waals surface area (Å²) in [6, 6.07) is 8.05. The predicted molar refractivity (Wildman–Crippen MR) is 113 cm³/mol. The number of amides is 2. The average Bonchev–Trinajstić information content (AvgIpc) is 3.35. The zero-order valence-electron chi connectivity index (χ0n) is 17.8. The lowest BCUT2D eigenvalue weighted by molar-refractivity contribution is -0.136. The minimum atomic E-state index is -0.524. The summed E-state index contributed by atoms with van der Waals surface area (Å²) in [5, 5.41) is 3.58. The Morgan fingerprint density at radius 1 is 1.17 bits per heavy atom. The summed E-state index contributed by atoms with van der Waals surface area (Å²) in [7, 11) is 5.52. The first-order valence-electron chi connectivity index (χ1n) is 10.9. The normalized spacial score (nSPS) is 28.2. The van der Waals surface area contributed by atoms with Gasteiger partial charge in [-0.3, -0.25) is 9.59 Å². The highest BCUT2D eigenvalue weighted by atomic mass is 16.5. The van der Waals surface area contributed by atoms with E-state index >= 15 is 0 Å². The third-order valence-corrected chi connectivity index (χ3v) is 7.40. The summed E-state index contributed by atoms with van der Waals surface area (Å²) >= 11 is 0. The van der Waals surface area contributed by atoms with Crippen molar-refractivity contribution in [3.63, 3.8) is 0 Å². The van der Waals surface area contributed by atoms with E-state index in [1.165, 1.54) is 0 Å². The minimum absolute atomic E-state index is 0.203. The van der Waals surface area contributed by atoms with Gasteiger partial charge in [0.2, 0.25) is 11.8 Å². The Morgan fingerprint density at radius 2 is 1.83 bits per heavy atom. The molecule has 0 bridgehead atoms. The van der Waals surface area contributed by atoms with Gasteiger partial charge >= 0.3 is 0 Å². The standard InChI is InChI=1S/C23H33N3O3/c1-25-15-17-13-19(12-16(17)14-21(25)27)26(2)22(28)23(10-4-5-11-23)24-18-6-8-20(29-3)9-7-18/h6-9,16-17,19,24H,4-5,10-15H2,1-3H3/t16-,17+,19-/m1/s1. The van der Waals surface area contributed by atoms with Crippen LogP contribution in [0.25, 0.3) is 0 Å². The molecule has 1 aromatic rings. The Bertz CT molecular complexity index is 757. The number of nitrogens with zero attached hydrogens (tertiary/aromatic N) is 2. The average molecular weight is 400 g/mol. The predicted octanol–water partition coefficient (Wildman–Crippen LogP) is 3.14. The SMILES string of the molecule is COc1ccc(NC2(C(=O)N(C)[C@@H]3C[C@@H]4CC(=O)N(C)C[C@@H]4C3)CCCC2)cc1. The van der Waals surface area contributed by atoms with Crippen LogP contribution in [0.5, 0.6) is 5.75 Å². The first-order chi connectivity index (χ1) is 13.9. The van der Waals surface area contributed by atoms with Crippen LogP contribution in [0, 0.1) is 11.8 Å². The number of carbonyl (C=O) groups is 2. The molecular formula is C23H33N3O3. The Balaban J connectivity index is 1.47. The van der Waals surface area contributed by atoms with Gasteiger partial charge < -0.3 is 19.9 Å². The van der Waals surface area contributed by atoms with Crippen molar-refractivity contribution in [3.05, 3.63) is 24.3 Å². The second kappa shape index (κ2) is 7.88. The third-order valence-electron chi connectivity index (χ3n) is 7.40. The Hall–Kier alpha value is -2.24. The topological polar surface area (TPSA) is 61.9 Å². The molecule has 6 nitrogen and oxygen atoms in total. The van der Waals surface area contributed by atoms with Gasteiger partial charge in [0.1, 0.15) is 11.3 Å². The molecule has 0 spiro atoms. The monoisotopic (exact) mass is 399 g/mol. The fourth-order valence-corrected chi connectivity index (χ4v) is 5.63. The number of ether oxygens (including phenoxy) is 1. The number of anilines is 1. The summed E-state index contributed by atoms with van der Waals surface area (Å²) in [6.07, 6.45) is 6.45. The fourth-order valence-electron chi connectivity index (χ4n) is 5.63. The van der Waals surface area contributed by atoms with E-state index in [0.29, 0.717) is 18.3 Å². The lowest BCUT2D eigenvalue weighted by Crippen LogP contribution is -2.53. The van der Waals surface area contributed by atoms with E-state index in [4.69, 9.17) is 4.74 Å². The van der Waals surface area contributed by atoms with E-state index in [1.54, 1.807) is 7.11 Å². The van der Waals surface area contributed by atoms with Crippen molar-refractivity contribution in [3.8, 4) is 5.75 Å². The molecule has 2 aliphatic carbocycles. The molecule has 3 atom stereocenters. The molecule has 1 aliphatic heterocycles. The van der Waals surface area contributed by atoms with E-state index in [0.717, 1.165) is 56.5 Å². The van der Waals surface area contributed by atoms with E-state index in [2.05, 4.69) is 5.32 Å². The molecule has 3 aliphatic rings. The molecular weight excluding hydrogens is 366 g/mol. The maximum atomic E-state index is 13.7. The Kier molecular flexibility index (Phi) is 5.45. The molecule has 6 heteroatoms. The zero-order valence-corrected chi connectivity index (χ0v) is 17.8. The molecule has 0 unspecified atom stereocenters. The number of hydrogen-bond acceptors (Lipinski definition) is 4. The second-order valence-electron chi connectivity index (χ2n) is 9.18. The van der Waals surface area contributed by atoms with Crippen LogP contribution in [-0.2, 0) is 9.59 Å². The molecule has 1 N–H and O–H groups in total. The highest BCUT2D eigenvalue weighted by Gasteiger charge is 2.47. The van der Waals surface area contributed by atoms with Crippen molar-refractivity contribution in [2.24, 2.45) is 11.8 Å². The Morgan fingerprint density at radius 3 is 2.48 bits per heavy atom. The number of piperidine rings is 1. The largest absolute Gasteiger partial charge is 0.497 e. The molecule has 2 amide bonds. The molecule has 1 heterocycles. The van der Waals surface area contributed by atoms with Crippen LogP contribution in [0.1, 0.15) is 44.9 Å². The van der Waals surface area contributed by atoms with Crippen LogP contribution in [0.15, 0.2) is 24.3 Å². The quantitative estimate of drug-likeness (QED) is 0.826. The number of likely N-dealkylation sites (N-methyl/N-ethyl adjacent to an activating group) is 1. The summed E-state index contributed by atoms with van der Waals surface area (Å²) in [5.41, 5.74) is 0.436. The lowest BCUT2D eigenvalue weighted by atomic mass is 9.88. The molecule has 1 aromatic carbocycles. The van der Waals surface area contributed by atoms with Crippen LogP contribution in [0.2, 0.25) is 0 Å². The highest BCUT2D eigenvalue weighted by Crippen LogP contribution is 2.42. The number of hydrogen-bond donors (Lipinski definition) is 1. The van der Waals surface area contributed by atoms with Crippen molar-refractivity contribution in [2.45, 2.75) is 56.5 Å². The summed E-state index contributed by atoms with van der Waals surface area (Å²) in [4.78, 5) is 29.6. The first kappa shape index (κ1) is 20.0. The van der Waals surface area contributed by atoms with E-state index in [-0.39, 0.29) is 17.9 Å². The number of methoxy groups -OCH3 is 1. The number of likely N-dealkylation sites (tertiary alicyclic amines) is 1. The molecule has 3 fully saturated rings. The number of carbonyl (C=O) groups excluding carboxylic acids is 2. The van der Waals surface area contributed by atoms with Crippen molar-refractivity contribution in [1.82, 2.24) is 9.80 Å². The van der Waals surface area contributed by atoms with Crippen molar-refractivity contribution < 1.29 is 14.3 Å². The molecule has 0 radical (unpaired) electrons. The van der Waals surface area contributed by atoms with Gasteiger partial charge in [-0.1, -0.05) is 12.8 Å². The van der Waals surface area contributed by atoms with Gasteiger partial charge in [-0.15, -0.1) is 0 Å². The van der Waals surface area contributed by atoms with Crippen molar-refractivity contribution >= 4 is 17.5 Å². The summed E-state index contributed by atoms with van der Waals surface area (Å²) in [5.74, 6) is 2.20. The fraction of sp³-hybridized carbons (Fsp3) is 0.652. The third kappa shape index (κ3) is 3.81. The molecule has 2 saturated carbocycles. The maximum Gasteiger partial charge on any atom is 0.248 e. The lowest BCUT2D eigenvalue weighted by Gasteiger charge is -2.37. The van der Waals surface area contributed by atoms with Crippen molar-refractivity contribution in [1.29, 1.82) is 0 Å². The van der Waals surface area contributed by atoms with Gasteiger partial charge in [0, 0.05) is 38.8 Å².